The highest BCUT2D eigenvalue weighted by Crippen LogP contribution is 2.32. The van der Waals surface area contributed by atoms with Gasteiger partial charge in [0.1, 0.15) is 23.0 Å². The van der Waals surface area contributed by atoms with Gasteiger partial charge in [-0.25, -0.2) is 18.7 Å². The molecule has 0 radical (unpaired) electrons. The van der Waals surface area contributed by atoms with Crippen molar-refractivity contribution in [2.45, 2.75) is 33.2 Å². The number of rotatable bonds is 5. The molecule has 0 fully saturated rings. The number of fused-ring (bicyclic) bond motifs is 1. The minimum atomic E-state index is -2.74. The summed E-state index contributed by atoms with van der Waals surface area (Å²) in [5, 5.41) is 13.0. The zero-order valence-corrected chi connectivity index (χ0v) is 18.2. The topological polar surface area (TPSA) is 91.8 Å². The van der Waals surface area contributed by atoms with Crippen LogP contribution in [0.4, 0.5) is 14.5 Å². The van der Waals surface area contributed by atoms with Crippen molar-refractivity contribution in [2.24, 2.45) is 0 Å². The quantitative estimate of drug-likeness (QED) is 0.413. The third kappa shape index (κ3) is 4.17. The summed E-state index contributed by atoms with van der Waals surface area (Å²) in [5.74, 6) is 0.145. The summed E-state index contributed by atoms with van der Waals surface area (Å²) in [6.07, 6.45) is -1.21. The number of nitrogens with zero attached hydrogens (tertiary/aromatic N) is 3. The zero-order chi connectivity index (χ0) is 23.7. The molecule has 1 N–H and O–H groups in total. The summed E-state index contributed by atoms with van der Waals surface area (Å²) in [6.45, 7) is 5.34. The molecule has 0 saturated heterocycles. The van der Waals surface area contributed by atoms with Gasteiger partial charge in [0, 0.05) is 17.3 Å². The second-order valence-corrected chi connectivity index (χ2v) is 7.74. The second kappa shape index (κ2) is 8.79. The molecule has 0 amide bonds. The highest BCUT2D eigenvalue weighted by atomic mass is 19.3. The van der Waals surface area contributed by atoms with Crippen LogP contribution in [0.3, 0.4) is 0 Å². The summed E-state index contributed by atoms with van der Waals surface area (Å²) in [6, 6.07) is 13.0. The van der Waals surface area contributed by atoms with Gasteiger partial charge in [0.2, 0.25) is 0 Å². The lowest BCUT2D eigenvalue weighted by Crippen LogP contribution is -2.13. The molecule has 0 bridgehead atoms. The van der Waals surface area contributed by atoms with E-state index in [0.29, 0.717) is 22.2 Å². The number of nitriles is 1. The maximum absolute atomic E-state index is 13.2. The van der Waals surface area contributed by atoms with Crippen LogP contribution in [0.5, 0.6) is 0 Å². The first-order chi connectivity index (χ1) is 15.8. The summed E-state index contributed by atoms with van der Waals surface area (Å²) >= 11 is 0. The minimum Gasteiger partial charge on any atom is -0.454 e. The Kier molecular flexibility index (Phi) is 5.88. The van der Waals surface area contributed by atoms with E-state index in [1.165, 1.54) is 24.4 Å². The zero-order valence-electron chi connectivity index (χ0n) is 18.2. The first kappa shape index (κ1) is 22.1. The standard InChI is InChI=1S/C25H20F2N4O2/c1-13-10-16(15(3)30-18-8-5-9-29-21(18)12-28)24-17(11-13)22(32)14(2)23(33-24)19-6-4-7-20(31-19)25(26)27/h4-11,15,25,30H,1-3H3. The number of pyridine rings is 2. The van der Waals surface area contributed by atoms with E-state index >= 15 is 0 Å². The average Bonchev–Trinajstić information content (AvgIpc) is 2.81. The van der Waals surface area contributed by atoms with Crippen molar-refractivity contribution in [2.75, 3.05) is 5.32 Å². The number of halogens is 2. The first-order valence-corrected chi connectivity index (χ1v) is 10.2. The van der Waals surface area contributed by atoms with Crippen LogP contribution >= 0.6 is 0 Å². The van der Waals surface area contributed by atoms with Crippen LogP contribution in [-0.4, -0.2) is 9.97 Å². The van der Waals surface area contributed by atoms with Gasteiger partial charge in [-0.2, -0.15) is 5.26 Å². The molecule has 4 aromatic rings. The highest BCUT2D eigenvalue weighted by molar-refractivity contribution is 5.84. The third-order valence-electron chi connectivity index (χ3n) is 5.37. The number of alkyl halides is 2. The summed E-state index contributed by atoms with van der Waals surface area (Å²) in [7, 11) is 0. The van der Waals surface area contributed by atoms with E-state index in [1.807, 2.05) is 26.0 Å². The molecule has 8 heteroatoms. The van der Waals surface area contributed by atoms with Gasteiger partial charge in [-0.3, -0.25) is 4.79 Å². The Morgan fingerprint density at radius 1 is 1.15 bits per heavy atom. The lowest BCUT2D eigenvalue weighted by Gasteiger charge is -2.19. The Labute approximate surface area is 188 Å². The van der Waals surface area contributed by atoms with Crippen molar-refractivity contribution < 1.29 is 13.2 Å². The molecular weight excluding hydrogens is 426 g/mol. The molecular formula is C25H20F2N4O2. The van der Waals surface area contributed by atoms with Gasteiger partial charge in [0.05, 0.1) is 17.1 Å². The van der Waals surface area contributed by atoms with E-state index in [2.05, 4.69) is 15.3 Å². The molecule has 1 aromatic carbocycles. The van der Waals surface area contributed by atoms with E-state index in [9.17, 15) is 18.8 Å². The van der Waals surface area contributed by atoms with Gasteiger partial charge in [0.25, 0.3) is 6.43 Å². The molecule has 3 heterocycles. The van der Waals surface area contributed by atoms with E-state index in [-0.39, 0.29) is 34.2 Å². The van der Waals surface area contributed by atoms with Gasteiger partial charge in [-0.1, -0.05) is 12.1 Å². The molecule has 4 rings (SSSR count). The van der Waals surface area contributed by atoms with E-state index in [1.54, 1.807) is 25.1 Å². The molecule has 0 aliphatic rings. The molecule has 0 spiro atoms. The number of benzene rings is 1. The third-order valence-corrected chi connectivity index (χ3v) is 5.37. The molecule has 1 atom stereocenters. The Balaban J connectivity index is 1.90. The van der Waals surface area contributed by atoms with E-state index in [0.717, 1.165) is 5.56 Å². The molecule has 0 aliphatic heterocycles. The van der Waals surface area contributed by atoms with Crippen molar-refractivity contribution in [3.8, 4) is 17.5 Å². The fourth-order valence-corrected chi connectivity index (χ4v) is 3.75. The predicted molar refractivity (Wildman–Crippen MR) is 121 cm³/mol. The fourth-order valence-electron chi connectivity index (χ4n) is 3.75. The van der Waals surface area contributed by atoms with Crippen molar-refractivity contribution in [3.63, 3.8) is 0 Å². The molecule has 6 nitrogen and oxygen atoms in total. The minimum absolute atomic E-state index is 0.145. The molecule has 166 valence electrons. The fraction of sp³-hybridized carbons (Fsp3) is 0.200. The lowest BCUT2D eigenvalue weighted by atomic mass is 9.99. The van der Waals surface area contributed by atoms with Crippen LogP contribution < -0.4 is 10.7 Å². The van der Waals surface area contributed by atoms with Crippen LogP contribution in [0.1, 0.15) is 47.5 Å². The van der Waals surface area contributed by atoms with Gasteiger partial charge in [-0.15, -0.1) is 0 Å². The van der Waals surface area contributed by atoms with Gasteiger partial charge in [-0.05, 0) is 56.7 Å². The van der Waals surface area contributed by atoms with Crippen LogP contribution in [0.2, 0.25) is 0 Å². The summed E-state index contributed by atoms with van der Waals surface area (Å²) in [4.78, 5) is 21.3. The van der Waals surface area contributed by atoms with E-state index in [4.69, 9.17) is 4.42 Å². The summed E-state index contributed by atoms with van der Waals surface area (Å²) in [5.41, 5.74) is 2.46. The maximum atomic E-state index is 13.2. The Bertz CT molecular complexity index is 1460. The molecule has 0 saturated carbocycles. The van der Waals surface area contributed by atoms with Crippen LogP contribution in [0, 0.1) is 25.2 Å². The molecule has 1 unspecified atom stereocenters. The predicted octanol–water partition coefficient (Wildman–Crippen LogP) is 5.85. The van der Waals surface area contributed by atoms with Crippen LogP contribution in [-0.2, 0) is 0 Å². The van der Waals surface area contributed by atoms with E-state index < -0.39 is 12.1 Å². The largest absolute Gasteiger partial charge is 0.454 e. The highest BCUT2D eigenvalue weighted by Gasteiger charge is 2.21. The van der Waals surface area contributed by atoms with Crippen LogP contribution in [0.25, 0.3) is 22.4 Å². The Morgan fingerprint density at radius 3 is 2.67 bits per heavy atom. The van der Waals surface area contributed by atoms with Gasteiger partial charge in [0.15, 0.2) is 16.9 Å². The number of hydrogen-bond donors (Lipinski definition) is 1. The number of aryl methyl sites for hydroxylation is 1. The van der Waals surface area contributed by atoms with Crippen molar-refractivity contribution in [3.05, 3.63) is 87.0 Å². The van der Waals surface area contributed by atoms with Crippen molar-refractivity contribution in [1.82, 2.24) is 9.97 Å². The number of anilines is 1. The Hall–Kier alpha value is -4.12. The number of hydrogen-bond acceptors (Lipinski definition) is 6. The summed E-state index contributed by atoms with van der Waals surface area (Å²) < 4.78 is 32.5. The SMILES string of the molecule is Cc1cc(C(C)Nc2cccnc2C#N)c2oc(-c3cccc(C(F)F)n3)c(C)c(=O)c2c1. The molecule has 3 aromatic heterocycles. The average molecular weight is 446 g/mol. The monoisotopic (exact) mass is 446 g/mol. The van der Waals surface area contributed by atoms with Crippen molar-refractivity contribution in [1.29, 1.82) is 5.26 Å². The number of nitrogens with one attached hydrogen (secondary N) is 1. The smallest absolute Gasteiger partial charge is 0.280 e. The van der Waals surface area contributed by atoms with Crippen LogP contribution in [0.15, 0.2) is 57.9 Å². The van der Waals surface area contributed by atoms with Crippen molar-refractivity contribution >= 4 is 16.7 Å². The molecule has 0 aliphatic carbocycles. The van der Waals surface area contributed by atoms with Gasteiger partial charge < -0.3 is 9.73 Å². The maximum Gasteiger partial charge on any atom is 0.280 e. The lowest BCUT2D eigenvalue weighted by molar-refractivity contribution is 0.146. The second-order valence-electron chi connectivity index (χ2n) is 7.74. The molecule has 33 heavy (non-hydrogen) atoms. The normalized spacial score (nSPS) is 12.0. The number of aromatic nitrogens is 2. The first-order valence-electron chi connectivity index (χ1n) is 10.2. The Morgan fingerprint density at radius 2 is 1.94 bits per heavy atom. The van der Waals surface area contributed by atoms with Gasteiger partial charge >= 0.3 is 0 Å².